The summed E-state index contributed by atoms with van der Waals surface area (Å²) in [5, 5.41) is 0.798. The quantitative estimate of drug-likeness (QED) is 0.807. The number of ketones is 1. The van der Waals surface area contributed by atoms with Gasteiger partial charge in [0, 0.05) is 17.0 Å². The molecule has 0 aromatic heterocycles. The molecule has 1 aliphatic heterocycles. The molecule has 0 aliphatic carbocycles. The van der Waals surface area contributed by atoms with Crippen molar-refractivity contribution in [2.24, 2.45) is 5.92 Å². The predicted molar refractivity (Wildman–Crippen MR) is 72.2 cm³/mol. The van der Waals surface area contributed by atoms with Crippen LogP contribution in [-0.4, -0.2) is 25.7 Å². The van der Waals surface area contributed by atoms with E-state index in [1.165, 1.54) is 6.07 Å². The molecule has 1 unspecified atom stereocenters. The molecule has 1 fully saturated rings. The molecule has 6 heteroatoms. The molecule has 18 heavy (non-hydrogen) atoms. The van der Waals surface area contributed by atoms with Gasteiger partial charge in [-0.05, 0) is 30.5 Å². The predicted octanol–water partition coefficient (Wildman–Crippen LogP) is 3.00. The fourth-order valence-electron chi connectivity index (χ4n) is 2.12. The highest BCUT2D eigenvalue weighted by Crippen LogP contribution is 2.27. The molecular formula is C12H12Cl2O3S. The van der Waals surface area contributed by atoms with Crippen LogP contribution < -0.4 is 0 Å². The van der Waals surface area contributed by atoms with E-state index >= 15 is 0 Å². The molecule has 0 saturated carbocycles. The van der Waals surface area contributed by atoms with Crippen LogP contribution in [0.4, 0.5) is 0 Å². The molecular weight excluding hydrogens is 295 g/mol. The Hall–Kier alpha value is -0.580. The first-order valence-corrected chi connectivity index (χ1v) is 8.14. The average molecular weight is 307 g/mol. The largest absolute Gasteiger partial charge is 0.294 e. The average Bonchev–Trinajstić information content (AvgIpc) is 2.61. The lowest BCUT2D eigenvalue weighted by Gasteiger charge is -2.08. The highest BCUT2D eigenvalue weighted by atomic mass is 35.5. The van der Waals surface area contributed by atoms with E-state index in [1.54, 1.807) is 12.1 Å². The summed E-state index contributed by atoms with van der Waals surface area (Å²) >= 11 is 11.8. The summed E-state index contributed by atoms with van der Waals surface area (Å²) in [7, 11) is -2.95. The minimum absolute atomic E-state index is 0.0942. The minimum Gasteiger partial charge on any atom is -0.294 e. The summed E-state index contributed by atoms with van der Waals surface area (Å²) in [6.45, 7) is 0. The zero-order chi connectivity index (χ0) is 13.3. The van der Waals surface area contributed by atoms with Crippen LogP contribution in [0, 0.1) is 5.92 Å². The summed E-state index contributed by atoms with van der Waals surface area (Å²) in [6, 6.07) is 4.71. The van der Waals surface area contributed by atoms with Crippen molar-refractivity contribution in [2.75, 3.05) is 11.5 Å². The van der Waals surface area contributed by atoms with E-state index in [0.29, 0.717) is 22.0 Å². The smallest absolute Gasteiger partial charge is 0.164 e. The lowest BCUT2D eigenvalue weighted by atomic mass is 9.98. The fraction of sp³-hybridized carbons (Fsp3) is 0.417. The van der Waals surface area contributed by atoms with Crippen molar-refractivity contribution in [3.63, 3.8) is 0 Å². The zero-order valence-electron chi connectivity index (χ0n) is 9.53. The molecule has 98 valence electrons. The molecule has 1 saturated heterocycles. The van der Waals surface area contributed by atoms with Crippen LogP contribution in [0.5, 0.6) is 0 Å². The van der Waals surface area contributed by atoms with Crippen LogP contribution in [0.3, 0.4) is 0 Å². The number of sulfone groups is 1. The van der Waals surface area contributed by atoms with Crippen LogP contribution >= 0.6 is 23.2 Å². The van der Waals surface area contributed by atoms with Gasteiger partial charge in [-0.2, -0.15) is 0 Å². The normalized spacial score (nSPS) is 22.0. The Morgan fingerprint density at radius 3 is 2.67 bits per heavy atom. The van der Waals surface area contributed by atoms with Crippen molar-refractivity contribution in [1.82, 2.24) is 0 Å². The molecule has 1 aromatic carbocycles. The SMILES string of the molecule is O=C(CC1CCS(=O)(=O)C1)c1cc(Cl)ccc1Cl. The summed E-state index contributed by atoms with van der Waals surface area (Å²) < 4.78 is 22.6. The van der Waals surface area contributed by atoms with Gasteiger partial charge in [-0.15, -0.1) is 0 Å². The lowest BCUT2D eigenvalue weighted by molar-refractivity contribution is 0.0966. The maximum atomic E-state index is 12.0. The Morgan fingerprint density at radius 2 is 2.06 bits per heavy atom. The number of hydrogen-bond acceptors (Lipinski definition) is 3. The number of benzene rings is 1. The van der Waals surface area contributed by atoms with Crippen molar-refractivity contribution in [2.45, 2.75) is 12.8 Å². The Morgan fingerprint density at radius 1 is 1.33 bits per heavy atom. The monoisotopic (exact) mass is 306 g/mol. The Balaban J connectivity index is 2.11. The second kappa shape index (κ2) is 5.19. The number of rotatable bonds is 3. The summed E-state index contributed by atoms with van der Waals surface area (Å²) in [4.78, 5) is 12.0. The van der Waals surface area contributed by atoms with Crippen molar-refractivity contribution in [3.05, 3.63) is 33.8 Å². The van der Waals surface area contributed by atoms with Gasteiger partial charge in [-0.3, -0.25) is 4.79 Å². The van der Waals surface area contributed by atoms with Gasteiger partial charge in [-0.1, -0.05) is 23.2 Å². The van der Waals surface area contributed by atoms with Crippen LogP contribution in [0.2, 0.25) is 10.0 Å². The standard InChI is InChI=1S/C12H12Cl2O3S/c13-9-1-2-11(14)10(6-9)12(15)5-8-3-4-18(16,17)7-8/h1-2,6,8H,3-5,7H2. The molecule has 0 bridgehead atoms. The minimum atomic E-state index is -2.95. The molecule has 2 rings (SSSR count). The molecule has 0 spiro atoms. The first-order chi connectivity index (χ1) is 8.37. The number of halogens is 2. The second-order valence-electron chi connectivity index (χ2n) is 4.52. The molecule has 0 radical (unpaired) electrons. The van der Waals surface area contributed by atoms with E-state index in [1.807, 2.05) is 0 Å². The van der Waals surface area contributed by atoms with Crippen LogP contribution in [0.1, 0.15) is 23.2 Å². The van der Waals surface area contributed by atoms with Gasteiger partial charge >= 0.3 is 0 Å². The summed E-state index contributed by atoms with van der Waals surface area (Å²) in [5.41, 5.74) is 0.369. The second-order valence-corrected chi connectivity index (χ2v) is 7.59. The highest BCUT2D eigenvalue weighted by molar-refractivity contribution is 7.91. The molecule has 1 aliphatic rings. The van der Waals surface area contributed by atoms with Gasteiger partial charge in [0.25, 0.3) is 0 Å². The van der Waals surface area contributed by atoms with Gasteiger partial charge in [0.05, 0.1) is 16.5 Å². The number of carbonyl (C=O) groups excluding carboxylic acids is 1. The zero-order valence-corrected chi connectivity index (χ0v) is 11.9. The van der Waals surface area contributed by atoms with Crippen molar-refractivity contribution in [1.29, 1.82) is 0 Å². The van der Waals surface area contributed by atoms with E-state index < -0.39 is 9.84 Å². The van der Waals surface area contributed by atoms with Gasteiger partial charge in [0.1, 0.15) is 0 Å². The summed E-state index contributed by atoms with van der Waals surface area (Å²) in [5.74, 6) is 0.0210. The molecule has 1 heterocycles. The maximum Gasteiger partial charge on any atom is 0.164 e. The first kappa shape index (κ1) is 13.8. The van der Waals surface area contributed by atoms with Gasteiger partial charge in [0.2, 0.25) is 0 Å². The molecule has 0 amide bonds. The number of hydrogen-bond donors (Lipinski definition) is 0. The third-order valence-electron chi connectivity index (χ3n) is 3.03. The highest BCUT2D eigenvalue weighted by Gasteiger charge is 2.30. The Labute approximate surface area is 116 Å². The molecule has 1 aromatic rings. The molecule has 3 nitrogen and oxygen atoms in total. The van der Waals surface area contributed by atoms with Gasteiger partial charge in [0.15, 0.2) is 15.6 Å². The van der Waals surface area contributed by atoms with Crippen molar-refractivity contribution >= 4 is 38.8 Å². The third-order valence-corrected chi connectivity index (χ3v) is 5.43. The topological polar surface area (TPSA) is 51.2 Å². The van der Waals surface area contributed by atoms with Crippen LogP contribution in [0.25, 0.3) is 0 Å². The molecule has 1 atom stereocenters. The van der Waals surface area contributed by atoms with E-state index in [0.717, 1.165) is 0 Å². The van der Waals surface area contributed by atoms with E-state index in [4.69, 9.17) is 23.2 Å². The van der Waals surface area contributed by atoms with Gasteiger partial charge < -0.3 is 0 Å². The van der Waals surface area contributed by atoms with Crippen molar-refractivity contribution < 1.29 is 13.2 Å². The Kier molecular flexibility index (Phi) is 3.99. The van der Waals surface area contributed by atoms with Crippen LogP contribution in [0.15, 0.2) is 18.2 Å². The fourth-order valence-corrected chi connectivity index (χ4v) is 4.37. The van der Waals surface area contributed by atoms with E-state index in [9.17, 15) is 13.2 Å². The Bertz CT molecular complexity index is 581. The maximum absolute atomic E-state index is 12.0. The van der Waals surface area contributed by atoms with E-state index in [2.05, 4.69) is 0 Å². The third kappa shape index (κ3) is 3.25. The number of Topliss-reactive ketones (excluding diaryl/α,β-unsaturated/α-hetero) is 1. The molecule has 0 N–H and O–H groups in total. The summed E-state index contributed by atoms with van der Waals surface area (Å²) in [6.07, 6.45) is 0.756. The van der Waals surface area contributed by atoms with Crippen LogP contribution in [-0.2, 0) is 9.84 Å². The van der Waals surface area contributed by atoms with Gasteiger partial charge in [-0.25, -0.2) is 8.42 Å². The number of carbonyl (C=O) groups is 1. The first-order valence-electron chi connectivity index (χ1n) is 5.56. The lowest BCUT2D eigenvalue weighted by Crippen LogP contribution is -2.11. The van der Waals surface area contributed by atoms with Crippen molar-refractivity contribution in [3.8, 4) is 0 Å². The van der Waals surface area contributed by atoms with E-state index in [-0.39, 0.29) is 29.6 Å².